The average Bonchev–Trinajstić information content (AvgIpc) is 2.37. The average molecular weight is 343 g/mol. The molecule has 0 saturated heterocycles. The maximum absolute atomic E-state index is 11.9. The fourth-order valence-electron chi connectivity index (χ4n) is 1.79. The Morgan fingerprint density at radius 1 is 1.35 bits per heavy atom. The maximum atomic E-state index is 11.9. The van der Waals surface area contributed by atoms with Crippen molar-refractivity contribution in [2.45, 2.75) is 33.2 Å². The topological polar surface area (TPSA) is 78.4 Å². The van der Waals surface area contributed by atoms with Crippen molar-refractivity contribution in [3.63, 3.8) is 0 Å². The highest BCUT2D eigenvalue weighted by atomic mass is 79.9. The summed E-state index contributed by atoms with van der Waals surface area (Å²) in [5, 5.41) is 14.2. The SMILES string of the molecule is CCc1cc(Br)ccc1NC(=O)N[C@@H](C(=O)O)C(C)C. The Hall–Kier alpha value is -1.56. The summed E-state index contributed by atoms with van der Waals surface area (Å²) in [5.74, 6) is -1.23. The van der Waals surface area contributed by atoms with E-state index in [4.69, 9.17) is 5.11 Å². The summed E-state index contributed by atoms with van der Waals surface area (Å²) in [7, 11) is 0. The minimum atomic E-state index is -1.04. The third kappa shape index (κ3) is 4.52. The molecule has 0 saturated carbocycles. The molecule has 0 radical (unpaired) electrons. The molecule has 0 aliphatic heterocycles. The molecule has 0 fully saturated rings. The fraction of sp³-hybridized carbons (Fsp3) is 0.429. The third-order valence-corrected chi connectivity index (χ3v) is 3.41. The van der Waals surface area contributed by atoms with Crippen LogP contribution in [0.1, 0.15) is 26.3 Å². The number of carboxylic acids is 1. The molecule has 1 rings (SSSR count). The number of aryl methyl sites for hydroxylation is 1. The molecule has 1 atom stereocenters. The van der Waals surface area contributed by atoms with Gasteiger partial charge in [0.1, 0.15) is 6.04 Å². The van der Waals surface area contributed by atoms with E-state index in [0.717, 1.165) is 16.5 Å². The van der Waals surface area contributed by atoms with Gasteiger partial charge in [0.2, 0.25) is 0 Å². The number of urea groups is 1. The monoisotopic (exact) mass is 342 g/mol. The molecule has 3 N–H and O–H groups in total. The molecule has 110 valence electrons. The number of amides is 2. The Morgan fingerprint density at radius 3 is 2.50 bits per heavy atom. The van der Waals surface area contributed by atoms with Crippen LogP contribution in [0, 0.1) is 5.92 Å². The Kier molecular flexibility index (Phi) is 6.01. The molecule has 2 amide bonds. The van der Waals surface area contributed by atoms with E-state index in [-0.39, 0.29) is 5.92 Å². The van der Waals surface area contributed by atoms with E-state index in [1.165, 1.54) is 0 Å². The van der Waals surface area contributed by atoms with E-state index in [2.05, 4.69) is 26.6 Å². The van der Waals surface area contributed by atoms with E-state index in [9.17, 15) is 9.59 Å². The first kappa shape index (κ1) is 16.5. The Bertz CT molecular complexity index is 503. The fourth-order valence-corrected chi connectivity index (χ4v) is 2.20. The molecule has 0 bridgehead atoms. The first-order valence-corrected chi connectivity index (χ1v) is 7.23. The van der Waals surface area contributed by atoms with Crippen LogP contribution in [-0.2, 0) is 11.2 Å². The van der Waals surface area contributed by atoms with Crippen LogP contribution in [0.5, 0.6) is 0 Å². The first-order chi connectivity index (χ1) is 9.35. The van der Waals surface area contributed by atoms with Gasteiger partial charge >= 0.3 is 12.0 Å². The van der Waals surface area contributed by atoms with Gasteiger partial charge in [0.15, 0.2) is 0 Å². The number of carbonyl (C=O) groups is 2. The summed E-state index contributed by atoms with van der Waals surface area (Å²) < 4.78 is 0.936. The number of carbonyl (C=O) groups excluding carboxylic acids is 1. The van der Waals surface area contributed by atoms with Crippen molar-refractivity contribution in [3.05, 3.63) is 28.2 Å². The second-order valence-corrected chi connectivity index (χ2v) is 5.73. The van der Waals surface area contributed by atoms with Crippen LogP contribution >= 0.6 is 15.9 Å². The van der Waals surface area contributed by atoms with Gasteiger partial charge in [-0.3, -0.25) is 0 Å². The molecule has 6 heteroatoms. The van der Waals surface area contributed by atoms with Crippen molar-refractivity contribution in [1.82, 2.24) is 5.32 Å². The molecule has 1 aromatic carbocycles. The number of hydrogen-bond acceptors (Lipinski definition) is 2. The second-order valence-electron chi connectivity index (χ2n) is 4.81. The zero-order valence-electron chi connectivity index (χ0n) is 11.7. The molecule has 0 heterocycles. The summed E-state index contributed by atoms with van der Waals surface area (Å²) in [5.41, 5.74) is 1.66. The van der Waals surface area contributed by atoms with Gasteiger partial charge in [-0.15, -0.1) is 0 Å². The highest BCUT2D eigenvalue weighted by Gasteiger charge is 2.23. The number of anilines is 1. The van der Waals surface area contributed by atoms with Crippen molar-refractivity contribution < 1.29 is 14.7 Å². The van der Waals surface area contributed by atoms with Gasteiger partial charge in [0, 0.05) is 10.2 Å². The summed E-state index contributed by atoms with van der Waals surface area (Å²) in [4.78, 5) is 22.9. The molecule has 5 nitrogen and oxygen atoms in total. The van der Waals surface area contributed by atoms with Crippen molar-refractivity contribution in [1.29, 1.82) is 0 Å². The number of benzene rings is 1. The number of aliphatic carboxylic acids is 1. The van der Waals surface area contributed by atoms with Crippen molar-refractivity contribution in [3.8, 4) is 0 Å². The Labute approximate surface area is 126 Å². The van der Waals surface area contributed by atoms with E-state index in [1.54, 1.807) is 19.9 Å². The lowest BCUT2D eigenvalue weighted by Crippen LogP contribution is -2.46. The normalized spacial score (nSPS) is 12.1. The zero-order valence-corrected chi connectivity index (χ0v) is 13.3. The van der Waals surface area contributed by atoms with Gasteiger partial charge in [-0.1, -0.05) is 36.7 Å². The number of halogens is 1. The van der Waals surface area contributed by atoms with Crippen LogP contribution in [0.3, 0.4) is 0 Å². The van der Waals surface area contributed by atoms with Crippen LogP contribution in [-0.4, -0.2) is 23.1 Å². The number of nitrogens with one attached hydrogen (secondary N) is 2. The summed E-state index contributed by atoms with van der Waals surface area (Å²) in [6, 6.07) is 4.12. The number of hydrogen-bond donors (Lipinski definition) is 3. The molecular formula is C14H19BrN2O3. The van der Waals surface area contributed by atoms with Gasteiger partial charge in [-0.05, 0) is 36.1 Å². The van der Waals surface area contributed by atoms with Crippen molar-refractivity contribution >= 4 is 33.6 Å². The summed E-state index contributed by atoms with van der Waals surface area (Å²) in [6.07, 6.45) is 0.765. The van der Waals surface area contributed by atoms with Crippen LogP contribution in [0.2, 0.25) is 0 Å². The Morgan fingerprint density at radius 2 is 2.00 bits per heavy atom. The smallest absolute Gasteiger partial charge is 0.326 e. The summed E-state index contributed by atoms with van der Waals surface area (Å²) >= 11 is 3.38. The standard InChI is InChI=1S/C14H19BrN2O3/c1-4-9-7-10(15)5-6-11(9)16-14(20)17-12(8(2)3)13(18)19/h5-8,12H,4H2,1-3H3,(H,18,19)(H2,16,17,20)/t12-/m1/s1. The largest absolute Gasteiger partial charge is 0.480 e. The lowest BCUT2D eigenvalue weighted by molar-refractivity contribution is -0.140. The first-order valence-electron chi connectivity index (χ1n) is 6.43. The van der Waals surface area contributed by atoms with Gasteiger partial charge < -0.3 is 15.7 Å². The third-order valence-electron chi connectivity index (χ3n) is 2.92. The molecule has 0 aliphatic carbocycles. The van der Waals surface area contributed by atoms with E-state index >= 15 is 0 Å². The van der Waals surface area contributed by atoms with Crippen LogP contribution in [0.25, 0.3) is 0 Å². The van der Waals surface area contributed by atoms with Crippen LogP contribution < -0.4 is 10.6 Å². The van der Waals surface area contributed by atoms with Gasteiger partial charge in [-0.25, -0.2) is 9.59 Å². The molecule has 0 spiro atoms. The minimum absolute atomic E-state index is 0.186. The highest BCUT2D eigenvalue weighted by molar-refractivity contribution is 9.10. The molecule has 0 aliphatic rings. The van der Waals surface area contributed by atoms with Crippen LogP contribution in [0.15, 0.2) is 22.7 Å². The highest BCUT2D eigenvalue weighted by Crippen LogP contribution is 2.21. The number of carboxylic acid groups (broad SMARTS) is 1. The lowest BCUT2D eigenvalue weighted by atomic mass is 10.1. The van der Waals surface area contributed by atoms with E-state index in [0.29, 0.717) is 5.69 Å². The maximum Gasteiger partial charge on any atom is 0.326 e. The van der Waals surface area contributed by atoms with Crippen LogP contribution in [0.4, 0.5) is 10.5 Å². The quantitative estimate of drug-likeness (QED) is 0.768. The molecule has 0 aromatic heterocycles. The predicted molar refractivity (Wildman–Crippen MR) is 81.9 cm³/mol. The second kappa shape index (κ2) is 7.28. The molecule has 1 aromatic rings. The Balaban J connectivity index is 2.78. The number of rotatable bonds is 5. The predicted octanol–water partition coefficient (Wildman–Crippen LogP) is 3.24. The van der Waals surface area contributed by atoms with E-state index in [1.807, 2.05) is 19.1 Å². The van der Waals surface area contributed by atoms with Gasteiger partial charge in [-0.2, -0.15) is 0 Å². The van der Waals surface area contributed by atoms with Gasteiger partial charge in [0.25, 0.3) is 0 Å². The zero-order chi connectivity index (χ0) is 15.3. The molecular weight excluding hydrogens is 324 g/mol. The van der Waals surface area contributed by atoms with Crippen molar-refractivity contribution in [2.75, 3.05) is 5.32 Å². The van der Waals surface area contributed by atoms with E-state index < -0.39 is 18.0 Å². The summed E-state index contributed by atoms with van der Waals surface area (Å²) in [6.45, 7) is 5.48. The van der Waals surface area contributed by atoms with Gasteiger partial charge in [0.05, 0.1) is 0 Å². The molecule has 0 unspecified atom stereocenters. The lowest BCUT2D eigenvalue weighted by Gasteiger charge is -2.19. The molecule has 20 heavy (non-hydrogen) atoms. The van der Waals surface area contributed by atoms with Crippen molar-refractivity contribution in [2.24, 2.45) is 5.92 Å². The minimum Gasteiger partial charge on any atom is -0.480 e.